The molecule has 0 spiro atoms. The molecule has 3 N–H and O–H groups in total. The van der Waals surface area contributed by atoms with Gasteiger partial charge in [-0.25, -0.2) is 0 Å². The molecular formula is C13H17N3. The van der Waals surface area contributed by atoms with Crippen LogP contribution in [0.2, 0.25) is 0 Å². The van der Waals surface area contributed by atoms with Crippen LogP contribution in [0.3, 0.4) is 0 Å². The molecule has 1 heterocycles. The monoisotopic (exact) mass is 215 g/mol. The first-order valence-corrected chi connectivity index (χ1v) is 5.87. The van der Waals surface area contributed by atoms with Crippen molar-refractivity contribution in [3.8, 4) is 0 Å². The van der Waals surface area contributed by atoms with E-state index in [-0.39, 0.29) is 0 Å². The van der Waals surface area contributed by atoms with Gasteiger partial charge in [0, 0.05) is 12.2 Å². The van der Waals surface area contributed by atoms with Crippen LogP contribution in [0.15, 0.2) is 36.3 Å². The first-order valence-electron chi connectivity index (χ1n) is 5.87. The minimum absolute atomic E-state index is 0.557. The van der Waals surface area contributed by atoms with Gasteiger partial charge in [0.05, 0.1) is 6.67 Å². The zero-order valence-electron chi connectivity index (χ0n) is 9.32. The van der Waals surface area contributed by atoms with Crippen LogP contribution in [0.5, 0.6) is 0 Å². The Balaban J connectivity index is 1.80. The highest BCUT2D eigenvalue weighted by atomic mass is 15.3. The predicted octanol–water partition coefficient (Wildman–Crippen LogP) is 1.16. The molecule has 0 aromatic heterocycles. The number of hydrogen-bond donors (Lipinski definition) is 2. The van der Waals surface area contributed by atoms with Crippen LogP contribution in [-0.2, 0) is 12.8 Å². The highest BCUT2D eigenvalue weighted by molar-refractivity contribution is 5.30. The molecule has 1 aliphatic carbocycles. The Hall–Kier alpha value is -1.64. The van der Waals surface area contributed by atoms with Crippen molar-refractivity contribution in [1.29, 1.82) is 0 Å². The average Bonchev–Trinajstić information content (AvgIpc) is 2.75. The van der Waals surface area contributed by atoms with E-state index in [0.29, 0.717) is 6.04 Å². The van der Waals surface area contributed by atoms with E-state index in [0.717, 1.165) is 18.9 Å². The summed E-state index contributed by atoms with van der Waals surface area (Å²) in [7, 11) is 0. The van der Waals surface area contributed by atoms with Gasteiger partial charge in [-0.3, -0.25) is 0 Å². The fraction of sp³-hybridized carbons (Fsp3) is 0.385. The third kappa shape index (κ3) is 1.52. The molecule has 3 nitrogen and oxygen atoms in total. The Morgan fingerprint density at radius 3 is 2.81 bits per heavy atom. The zero-order chi connectivity index (χ0) is 11.0. The number of benzene rings is 1. The summed E-state index contributed by atoms with van der Waals surface area (Å²) in [6, 6.07) is 9.30. The van der Waals surface area contributed by atoms with Crippen LogP contribution in [0.25, 0.3) is 0 Å². The van der Waals surface area contributed by atoms with E-state index in [4.69, 9.17) is 5.73 Å². The zero-order valence-corrected chi connectivity index (χ0v) is 9.32. The molecule has 3 rings (SSSR count). The Kier molecular flexibility index (Phi) is 2.24. The van der Waals surface area contributed by atoms with E-state index in [1.807, 2.05) is 6.20 Å². The number of rotatable bonds is 1. The van der Waals surface area contributed by atoms with E-state index in [1.54, 1.807) is 0 Å². The van der Waals surface area contributed by atoms with Gasteiger partial charge in [0.25, 0.3) is 0 Å². The van der Waals surface area contributed by atoms with Crippen LogP contribution in [0.4, 0.5) is 0 Å². The normalized spacial score (nSPS) is 23.6. The molecule has 1 atom stereocenters. The van der Waals surface area contributed by atoms with Gasteiger partial charge < -0.3 is 16.0 Å². The number of fused-ring (bicyclic) bond motifs is 1. The SMILES string of the molecule is NC1=CNCN1C1CCc2ccccc2C1. The molecule has 0 saturated heterocycles. The van der Waals surface area contributed by atoms with Crippen molar-refractivity contribution in [1.82, 2.24) is 10.2 Å². The van der Waals surface area contributed by atoms with Gasteiger partial charge in [-0.1, -0.05) is 24.3 Å². The molecule has 1 unspecified atom stereocenters. The van der Waals surface area contributed by atoms with Gasteiger partial charge in [-0.05, 0) is 30.4 Å². The van der Waals surface area contributed by atoms with E-state index >= 15 is 0 Å². The average molecular weight is 215 g/mol. The summed E-state index contributed by atoms with van der Waals surface area (Å²) in [5.41, 5.74) is 8.95. The predicted molar refractivity (Wildman–Crippen MR) is 64.4 cm³/mol. The standard InChI is InChI=1S/C13H17N3/c14-13-8-15-9-16(13)12-6-5-10-3-1-2-4-11(10)7-12/h1-4,8,12,15H,5-7,9,14H2. The molecule has 3 heteroatoms. The molecule has 84 valence electrons. The summed E-state index contributed by atoms with van der Waals surface area (Å²) < 4.78 is 0. The molecular weight excluding hydrogens is 198 g/mol. The van der Waals surface area contributed by atoms with E-state index in [9.17, 15) is 0 Å². The summed E-state index contributed by atoms with van der Waals surface area (Å²) in [5.74, 6) is 0.879. The van der Waals surface area contributed by atoms with Crippen molar-refractivity contribution >= 4 is 0 Å². The quantitative estimate of drug-likeness (QED) is 0.738. The minimum Gasteiger partial charge on any atom is -0.384 e. The lowest BCUT2D eigenvalue weighted by Crippen LogP contribution is -2.40. The van der Waals surface area contributed by atoms with E-state index in [1.165, 1.54) is 24.0 Å². The topological polar surface area (TPSA) is 41.3 Å². The number of nitrogens with one attached hydrogen (secondary N) is 1. The van der Waals surface area contributed by atoms with Gasteiger partial charge >= 0.3 is 0 Å². The lowest BCUT2D eigenvalue weighted by Gasteiger charge is -2.33. The maximum Gasteiger partial charge on any atom is 0.117 e. The Labute approximate surface area is 95.9 Å². The van der Waals surface area contributed by atoms with Gasteiger partial charge in [-0.2, -0.15) is 0 Å². The number of aryl methyl sites for hydroxylation is 1. The molecule has 1 aromatic rings. The van der Waals surface area contributed by atoms with Crippen molar-refractivity contribution in [2.75, 3.05) is 6.67 Å². The summed E-state index contributed by atoms with van der Waals surface area (Å²) in [4.78, 5) is 2.27. The molecule has 0 fully saturated rings. The highest BCUT2D eigenvalue weighted by Crippen LogP contribution is 2.25. The summed E-state index contributed by atoms with van der Waals surface area (Å²) in [6.07, 6.45) is 5.39. The van der Waals surface area contributed by atoms with E-state index in [2.05, 4.69) is 34.5 Å². The Morgan fingerprint density at radius 1 is 1.25 bits per heavy atom. The molecule has 0 bridgehead atoms. The van der Waals surface area contributed by atoms with Crippen LogP contribution in [0.1, 0.15) is 17.5 Å². The maximum atomic E-state index is 5.95. The van der Waals surface area contributed by atoms with E-state index < -0.39 is 0 Å². The summed E-state index contributed by atoms with van der Waals surface area (Å²) in [5, 5.41) is 3.18. The second-order valence-corrected chi connectivity index (χ2v) is 4.57. The first-order chi connectivity index (χ1) is 7.84. The van der Waals surface area contributed by atoms with Crippen LogP contribution in [-0.4, -0.2) is 17.6 Å². The van der Waals surface area contributed by atoms with Gasteiger partial charge in [-0.15, -0.1) is 0 Å². The van der Waals surface area contributed by atoms with Crippen LogP contribution >= 0.6 is 0 Å². The van der Waals surface area contributed by atoms with Gasteiger partial charge in [0.15, 0.2) is 0 Å². The molecule has 0 amide bonds. The van der Waals surface area contributed by atoms with Crippen LogP contribution < -0.4 is 11.1 Å². The lowest BCUT2D eigenvalue weighted by atomic mass is 9.88. The third-order valence-electron chi connectivity index (χ3n) is 3.60. The largest absolute Gasteiger partial charge is 0.384 e. The second kappa shape index (κ2) is 3.74. The summed E-state index contributed by atoms with van der Waals surface area (Å²) >= 11 is 0. The number of nitrogens with zero attached hydrogens (tertiary/aromatic N) is 1. The number of nitrogens with two attached hydrogens (primary N) is 1. The summed E-state index contributed by atoms with van der Waals surface area (Å²) in [6.45, 7) is 0.860. The smallest absolute Gasteiger partial charge is 0.117 e. The molecule has 0 radical (unpaired) electrons. The van der Waals surface area contributed by atoms with Crippen molar-refractivity contribution in [3.05, 3.63) is 47.4 Å². The van der Waals surface area contributed by atoms with Crippen molar-refractivity contribution in [3.63, 3.8) is 0 Å². The molecule has 2 aliphatic rings. The van der Waals surface area contributed by atoms with Gasteiger partial charge in [0.2, 0.25) is 0 Å². The molecule has 0 saturated carbocycles. The fourth-order valence-electron chi connectivity index (χ4n) is 2.71. The maximum absolute atomic E-state index is 5.95. The first kappa shape index (κ1) is 9.58. The Morgan fingerprint density at radius 2 is 2.06 bits per heavy atom. The molecule has 1 aliphatic heterocycles. The third-order valence-corrected chi connectivity index (χ3v) is 3.60. The fourth-order valence-corrected chi connectivity index (χ4v) is 2.71. The van der Waals surface area contributed by atoms with Crippen LogP contribution in [0, 0.1) is 0 Å². The van der Waals surface area contributed by atoms with Crippen molar-refractivity contribution in [2.45, 2.75) is 25.3 Å². The second-order valence-electron chi connectivity index (χ2n) is 4.57. The Bertz CT molecular complexity index is 425. The number of hydrogen-bond acceptors (Lipinski definition) is 3. The van der Waals surface area contributed by atoms with Gasteiger partial charge in [0.1, 0.15) is 5.82 Å². The van der Waals surface area contributed by atoms with Crippen molar-refractivity contribution in [2.24, 2.45) is 5.73 Å². The minimum atomic E-state index is 0.557. The highest BCUT2D eigenvalue weighted by Gasteiger charge is 2.26. The lowest BCUT2D eigenvalue weighted by molar-refractivity contribution is 0.241. The van der Waals surface area contributed by atoms with Crippen molar-refractivity contribution < 1.29 is 0 Å². The molecule has 1 aromatic carbocycles. The molecule has 16 heavy (non-hydrogen) atoms.